The Bertz CT molecular complexity index is 601. The van der Waals surface area contributed by atoms with Crippen LogP contribution in [0.1, 0.15) is 11.5 Å². The molecule has 0 aliphatic carbocycles. The van der Waals surface area contributed by atoms with Gasteiger partial charge in [-0.25, -0.2) is 4.98 Å². The fourth-order valence-corrected chi connectivity index (χ4v) is 1.97. The highest BCUT2D eigenvalue weighted by molar-refractivity contribution is 8.45. The van der Waals surface area contributed by atoms with Gasteiger partial charge in [0.1, 0.15) is 11.2 Å². The van der Waals surface area contributed by atoms with Crippen LogP contribution < -0.4 is 0 Å². The smallest absolute Gasteiger partial charge is 0.310 e. The monoisotopic (exact) mass is 297 g/mol. The molecular formula is C11H8F5NOS. The van der Waals surface area contributed by atoms with Crippen molar-refractivity contribution in [1.82, 2.24) is 4.98 Å². The maximum absolute atomic E-state index is 12.4. The van der Waals surface area contributed by atoms with Crippen LogP contribution in [0.15, 0.2) is 46.0 Å². The summed E-state index contributed by atoms with van der Waals surface area (Å²) in [5, 5.41) is 0. The van der Waals surface area contributed by atoms with E-state index in [0.29, 0.717) is 17.7 Å². The highest BCUT2D eigenvalue weighted by atomic mass is 32.5. The van der Waals surface area contributed by atoms with Crippen molar-refractivity contribution < 1.29 is 23.8 Å². The van der Waals surface area contributed by atoms with Crippen LogP contribution in [-0.2, 0) is 0 Å². The molecule has 0 fully saturated rings. The molecule has 0 saturated heterocycles. The van der Waals surface area contributed by atoms with E-state index in [0.717, 1.165) is 12.1 Å². The highest BCUT2D eigenvalue weighted by Gasteiger charge is 2.65. The van der Waals surface area contributed by atoms with Gasteiger partial charge in [-0.1, -0.05) is 31.6 Å². The molecule has 0 atom stereocenters. The van der Waals surface area contributed by atoms with Crippen molar-refractivity contribution >= 4 is 22.4 Å². The number of oxazole rings is 1. The molecule has 2 nitrogen and oxygen atoms in total. The van der Waals surface area contributed by atoms with Crippen LogP contribution in [0, 0.1) is 0 Å². The van der Waals surface area contributed by atoms with E-state index in [9.17, 15) is 19.4 Å². The van der Waals surface area contributed by atoms with Crippen LogP contribution in [-0.4, -0.2) is 4.98 Å². The fraction of sp³-hybridized carbons (Fsp3) is 0. The molecule has 0 amide bonds. The van der Waals surface area contributed by atoms with Gasteiger partial charge in [-0.05, 0) is 23.8 Å². The molecule has 1 heterocycles. The average Bonchev–Trinajstić information content (AvgIpc) is 2.76. The van der Waals surface area contributed by atoms with Crippen molar-refractivity contribution in [2.24, 2.45) is 0 Å². The average molecular weight is 297 g/mol. The van der Waals surface area contributed by atoms with E-state index in [4.69, 9.17) is 4.42 Å². The van der Waals surface area contributed by atoms with E-state index in [1.165, 1.54) is 24.6 Å². The second-order valence-electron chi connectivity index (χ2n) is 3.74. The summed E-state index contributed by atoms with van der Waals surface area (Å²) in [6.45, 7) is 0. The van der Waals surface area contributed by atoms with Gasteiger partial charge in [0.05, 0.1) is 6.20 Å². The lowest BCUT2D eigenvalue weighted by Crippen LogP contribution is -2.05. The predicted octanol–water partition coefficient (Wildman–Crippen LogP) is 5.50. The number of hydrogen-bond donors (Lipinski definition) is 0. The first-order chi connectivity index (χ1) is 8.54. The third-order valence-corrected chi connectivity index (χ3v) is 3.36. The van der Waals surface area contributed by atoms with Gasteiger partial charge in [0.2, 0.25) is 5.89 Å². The lowest BCUT2D eigenvalue weighted by molar-refractivity contribution is 0.364. The summed E-state index contributed by atoms with van der Waals surface area (Å²) in [5.74, 6) is 0.261. The Morgan fingerprint density at radius 2 is 1.58 bits per heavy atom. The zero-order valence-electron chi connectivity index (χ0n) is 9.27. The number of rotatable bonds is 3. The number of nitrogens with zero attached hydrogens (tertiary/aromatic N) is 1. The zero-order valence-corrected chi connectivity index (χ0v) is 10.1. The van der Waals surface area contributed by atoms with Gasteiger partial charge in [0.25, 0.3) is 0 Å². The third-order valence-electron chi connectivity index (χ3n) is 2.20. The molecule has 0 spiro atoms. The first-order valence-electron chi connectivity index (χ1n) is 4.96. The molecule has 0 aliphatic heterocycles. The Hall–Kier alpha value is -1.83. The molecular weight excluding hydrogens is 289 g/mol. The Morgan fingerprint density at radius 3 is 2.05 bits per heavy atom. The van der Waals surface area contributed by atoms with E-state index in [1.54, 1.807) is 0 Å². The van der Waals surface area contributed by atoms with E-state index in [-0.39, 0.29) is 5.89 Å². The molecule has 2 aromatic rings. The largest absolute Gasteiger partial charge is 0.445 e. The number of halogens is 5. The normalized spacial score (nSPS) is 16.3. The molecule has 1 aromatic carbocycles. The van der Waals surface area contributed by atoms with Gasteiger partial charge in [-0.3, -0.25) is 0 Å². The van der Waals surface area contributed by atoms with Gasteiger partial charge < -0.3 is 4.42 Å². The summed E-state index contributed by atoms with van der Waals surface area (Å²) < 4.78 is 67.1. The fourth-order valence-electron chi connectivity index (χ4n) is 1.32. The van der Waals surface area contributed by atoms with Crippen molar-refractivity contribution in [3.63, 3.8) is 0 Å². The van der Waals surface area contributed by atoms with Crippen molar-refractivity contribution in [2.75, 3.05) is 0 Å². The van der Waals surface area contributed by atoms with Crippen LogP contribution in [0.2, 0.25) is 0 Å². The maximum atomic E-state index is 12.4. The molecule has 1 aromatic heterocycles. The summed E-state index contributed by atoms with van der Waals surface area (Å²) in [4.78, 5) is 1.85. The summed E-state index contributed by atoms with van der Waals surface area (Å²) in [5.41, 5.74) is 0.323. The van der Waals surface area contributed by atoms with Crippen molar-refractivity contribution in [3.8, 4) is 0 Å². The van der Waals surface area contributed by atoms with Crippen molar-refractivity contribution in [1.29, 1.82) is 0 Å². The first-order valence-corrected chi connectivity index (χ1v) is 6.91. The topological polar surface area (TPSA) is 26.0 Å². The number of aromatic nitrogens is 1. The third kappa shape index (κ3) is 3.57. The van der Waals surface area contributed by atoms with Crippen LogP contribution in [0.4, 0.5) is 19.4 Å². The molecule has 8 heteroatoms. The van der Waals surface area contributed by atoms with Crippen molar-refractivity contribution in [2.45, 2.75) is 4.90 Å². The summed E-state index contributed by atoms with van der Waals surface area (Å²) in [7, 11) is -9.59. The molecule has 0 unspecified atom stereocenters. The Balaban J connectivity index is 2.26. The molecule has 104 valence electrons. The molecule has 0 radical (unpaired) electrons. The van der Waals surface area contributed by atoms with E-state index >= 15 is 0 Å². The standard InChI is InChI=1S/C11H8F5NOS/c12-19(13,14,15,16)10-4-1-9(2-5-10)3-6-11-17-7-8-18-11/h1-8H/b6-3+. The van der Waals surface area contributed by atoms with Crippen LogP contribution in [0.25, 0.3) is 12.2 Å². The zero-order chi connectivity index (χ0) is 14.2. The van der Waals surface area contributed by atoms with Crippen LogP contribution >= 0.6 is 10.2 Å². The molecule has 2 rings (SSSR count). The molecule has 0 saturated carbocycles. The molecule has 0 N–H and O–H groups in total. The van der Waals surface area contributed by atoms with Crippen LogP contribution in [0.5, 0.6) is 0 Å². The lowest BCUT2D eigenvalue weighted by Gasteiger charge is -2.40. The van der Waals surface area contributed by atoms with Gasteiger partial charge in [-0.2, -0.15) is 0 Å². The second kappa shape index (κ2) is 3.60. The van der Waals surface area contributed by atoms with Gasteiger partial charge in [0.15, 0.2) is 0 Å². The predicted molar refractivity (Wildman–Crippen MR) is 63.3 cm³/mol. The Kier molecular flexibility index (Phi) is 2.57. The minimum atomic E-state index is -9.59. The minimum Gasteiger partial charge on any atom is -0.445 e. The van der Waals surface area contributed by atoms with Gasteiger partial charge in [-0.15, -0.1) is 0 Å². The summed E-state index contributed by atoms with van der Waals surface area (Å²) in [6.07, 6.45) is 5.55. The van der Waals surface area contributed by atoms with Crippen molar-refractivity contribution in [3.05, 3.63) is 48.2 Å². The maximum Gasteiger partial charge on any atom is 0.310 e. The quantitative estimate of drug-likeness (QED) is 0.699. The minimum absolute atomic E-state index is 0.261. The molecule has 0 bridgehead atoms. The van der Waals surface area contributed by atoms with E-state index in [1.807, 2.05) is 0 Å². The Morgan fingerprint density at radius 1 is 0.947 bits per heavy atom. The highest BCUT2D eigenvalue weighted by Crippen LogP contribution is 3.02. The summed E-state index contributed by atoms with van der Waals surface area (Å²) in [6, 6.07) is 2.62. The summed E-state index contributed by atoms with van der Waals surface area (Å²) >= 11 is 0. The number of hydrogen-bond acceptors (Lipinski definition) is 2. The molecule has 19 heavy (non-hydrogen) atoms. The number of benzene rings is 1. The molecule has 0 aliphatic rings. The first kappa shape index (κ1) is 13.6. The van der Waals surface area contributed by atoms with E-state index in [2.05, 4.69) is 4.98 Å². The van der Waals surface area contributed by atoms with Gasteiger partial charge >= 0.3 is 10.2 Å². The lowest BCUT2D eigenvalue weighted by atomic mass is 10.2. The second-order valence-corrected chi connectivity index (χ2v) is 6.15. The van der Waals surface area contributed by atoms with E-state index < -0.39 is 15.1 Å². The van der Waals surface area contributed by atoms with Gasteiger partial charge in [0, 0.05) is 6.08 Å². The van der Waals surface area contributed by atoms with Crippen LogP contribution in [0.3, 0.4) is 0 Å². The Labute approximate surface area is 105 Å². The SMILES string of the molecule is FS(F)(F)(F)(F)c1ccc(/C=C/c2ncco2)cc1.